The molecule has 0 aromatic rings. The first-order valence-corrected chi connectivity index (χ1v) is 7.97. The third-order valence-corrected chi connectivity index (χ3v) is 4.83. The van der Waals surface area contributed by atoms with Crippen molar-refractivity contribution >= 4 is 11.8 Å². The molecule has 0 aromatic carbocycles. The summed E-state index contributed by atoms with van der Waals surface area (Å²) in [7, 11) is 0. The van der Waals surface area contributed by atoms with E-state index >= 15 is 0 Å². The van der Waals surface area contributed by atoms with Crippen molar-refractivity contribution in [3.63, 3.8) is 0 Å². The standard InChI is InChI=1S/C15H25N3O2/c1-15(8-2-3-9-16-15)14(20)18-10-4-5-12(18)13(19)17-11-6-7-11/h11-12,16H,2-10H2,1H3,(H,17,19). The van der Waals surface area contributed by atoms with Crippen molar-refractivity contribution in [3.05, 3.63) is 0 Å². The summed E-state index contributed by atoms with van der Waals surface area (Å²) in [5, 5.41) is 6.40. The summed E-state index contributed by atoms with van der Waals surface area (Å²) in [5.74, 6) is 0.170. The van der Waals surface area contributed by atoms with Crippen molar-refractivity contribution in [2.45, 2.75) is 69.5 Å². The molecule has 1 aliphatic carbocycles. The number of nitrogens with zero attached hydrogens (tertiary/aromatic N) is 1. The molecule has 3 aliphatic rings. The van der Waals surface area contributed by atoms with Gasteiger partial charge in [-0.3, -0.25) is 9.59 Å². The summed E-state index contributed by atoms with van der Waals surface area (Å²) in [5.41, 5.74) is -0.472. The molecule has 3 fully saturated rings. The first-order chi connectivity index (χ1) is 9.60. The van der Waals surface area contributed by atoms with Crippen LogP contribution in [0.3, 0.4) is 0 Å². The molecule has 2 saturated heterocycles. The number of amides is 2. The van der Waals surface area contributed by atoms with E-state index in [1.165, 1.54) is 0 Å². The first-order valence-electron chi connectivity index (χ1n) is 7.97. The minimum atomic E-state index is -0.472. The maximum absolute atomic E-state index is 12.8. The van der Waals surface area contributed by atoms with Crippen LogP contribution in [0.1, 0.15) is 51.9 Å². The third kappa shape index (κ3) is 2.68. The third-order valence-electron chi connectivity index (χ3n) is 4.83. The highest BCUT2D eigenvalue weighted by molar-refractivity contribution is 5.92. The zero-order valence-electron chi connectivity index (χ0n) is 12.3. The summed E-state index contributed by atoms with van der Waals surface area (Å²) >= 11 is 0. The molecule has 0 spiro atoms. The molecule has 2 N–H and O–H groups in total. The summed E-state index contributed by atoms with van der Waals surface area (Å²) in [6, 6.07) is 0.118. The molecule has 2 heterocycles. The molecule has 2 atom stereocenters. The molecule has 0 bridgehead atoms. The van der Waals surface area contributed by atoms with E-state index in [9.17, 15) is 9.59 Å². The van der Waals surface area contributed by atoms with Crippen LogP contribution in [0.5, 0.6) is 0 Å². The van der Waals surface area contributed by atoms with Gasteiger partial charge < -0.3 is 15.5 Å². The predicted octanol–water partition coefficient (Wildman–Crippen LogP) is 0.788. The SMILES string of the molecule is CC1(C(=O)N2CCCC2C(=O)NC2CC2)CCCCN1. The average molecular weight is 279 g/mol. The molecule has 3 rings (SSSR count). The molecule has 2 amide bonds. The summed E-state index contributed by atoms with van der Waals surface area (Å²) in [6.45, 7) is 3.61. The molecule has 112 valence electrons. The number of hydrogen-bond acceptors (Lipinski definition) is 3. The van der Waals surface area contributed by atoms with E-state index in [1.807, 2.05) is 11.8 Å². The maximum atomic E-state index is 12.8. The van der Waals surface area contributed by atoms with Crippen LogP contribution in [0.25, 0.3) is 0 Å². The Morgan fingerprint density at radius 3 is 2.65 bits per heavy atom. The van der Waals surface area contributed by atoms with Crippen molar-refractivity contribution in [2.24, 2.45) is 0 Å². The molecule has 1 saturated carbocycles. The Morgan fingerprint density at radius 2 is 2.00 bits per heavy atom. The van der Waals surface area contributed by atoms with Crippen molar-refractivity contribution in [1.29, 1.82) is 0 Å². The Labute approximate surface area is 120 Å². The Kier molecular flexibility index (Phi) is 3.71. The normalized spacial score (nSPS) is 34.0. The molecular weight excluding hydrogens is 254 g/mol. The second-order valence-electron chi connectivity index (χ2n) is 6.66. The zero-order chi connectivity index (χ0) is 14.2. The number of carbonyl (C=O) groups excluding carboxylic acids is 2. The molecule has 0 aromatic heterocycles. The Morgan fingerprint density at radius 1 is 1.20 bits per heavy atom. The van der Waals surface area contributed by atoms with Gasteiger partial charge in [-0.05, 0) is 58.4 Å². The highest BCUT2D eigenvalue weighted by atomic mass is 16.2. The van der Waals surface area contributed by atoms with E-state index in [-0.39, 0.29) is 17.9 Å². The van der Waals surface area contributed by atoms with Gasteiger partial charge in [-0.15, -0.1) is 0 Å². The second-order valence-corrected chi connectivity index (χ2v) is 6.66. The largest absolute Gasteiger partial charge is 0.352 e. The summed E-state index contributed by atoms with van der Waals surface area (Å²) in [6.07, 6.45) is 7.01. The van der Waals surface area contributed by atoms with Crippen LogP contribution >= 0.6 is 0 Å². The van der Waals surface area contributed by atoms with Crippen molar-refractivity contribution in [2.75, 3.05) is 13.1 Å². The van der Waals surface area contributed by atoms with Crippen LogP contribution < -0.4 is 10.6 Å². The van der Waals surface area contributed by atoms with Gasteiger partial charge in [0.25, 0.3) is 0 Å². The lowest BCUT2D eigenvalue weighted by Gasteiger charge is -2.38. The Hall–Kier alpha value is -1.10. The highest BCUT2D eigenvalue weighted by Gasteiger charge is 2.44. The van der Waals surface area contributed by atoms with Gasteiger partial charge in [-0.25, -0.2) is 0 Å². The predicted molar refractivity (Wildman–Crippen MR) is 76.2 cm³/mol. The lowest BCUT2D eigenvalue weighted by molar-refractivity contribution is -0.144. The minimum Gasteiger partial charge on any atom is -0.352 e. The number of nitrogens with one attached hydrogen (secondary N) is 2. The molecule has 5 nitrogen and oxygen atoms in total. The van der Waals surface area contributed by atoms with E-state index in [0.717, 1.165) is 58.0 Å². The van der Waals surface area contributed by atoms with Crippen molar-refractivity contribution < 1.29 is 9.59 Å². The fourth-order valence-electron chi connectivity index (χ4n) is 3.36. The van der Waals surface area contributed by atoms with Gasteiger partial charge in [-0.2, -0.15) is 0 Å². The van der Waals surface area contributed by atoms with Crippen LogP contribution in [0.4, 0.5) is 0 Å². The van der Waals surface area contributed by atoms with Gasteiger partial charge >= 0.3 is 0 Å². The van der Waals surface area contributed by atoms with E-state index in [2.05, 4.69) is 10.6 Å². The lowest BCUT2D eigenvalue weighted by Crippen LogP contribution is -2.60. The van der Waals surface area contributed by atoms with Gasteiger partial charge in [-0.1, -0.05) is 0 Å². The van der Waals surface area contributed by atoms with Gasteiger partial charge in [0, 0.05) is 12.6 Å². The molecule has 0 radical (unpaired) electrons. The second kappa shape index (κ2) is 5.35. The molecule has 2 unspecified atom stereocenters. The smallest absolute Gasteiger partial charge is 0.243 e. The van der Waals surface area contributed by atoms with Gasteiger partial charge in [0.2, 0.25) is 11.8 Å². The first kappa shape index (κ1) is 13.9. The minimum absolute atomic E-state index is 0.0535. The van der Waals surface area contributed by atoms with E-state index in [1.54, 1.807) is 0 Å². The number of carbonyl (C=O) groups is 2. The van der Waals surface area contributed by atoms with Crippen LogP contribution in [0, 0.1) is 0 Å². The molecular formula is C15H25N3O2. The molecule has 2 aliphatic heterocycles. The fourth-order valence-corrected chi connectivity index (χ4v) is 3.36. The van der Waals surface area contributed by atoms with Crippen LogP contribution in [-0.4, -0.2) is 47.4 Å². The highest BCUT2D eigenvalue weighted by Crippen LogP contribution is 2.27. The Bertz CT molecular complexity index is 400. The van der Waals surface area contributed by atoms with Gasteiger partial charge in [0.05, 0.1) is 5.54 Å². The fraction of sp³-hybridized carbons (Fsp3) is 0.867. The summed E-state index contributed by atoms with van der Waals surface area (Å²) < 4.78 is 0. The van der Waals surface area contributed by atoms with E-state index < -0.39 is 5.54 Å². The average Bonchev–Trinajstić information content (AvgIpc) is 3.11. The quantitative estimate of drug-likeness (QED) is 0.803. The topological polar surface area (TPSA) is 61.4 Å². The van der Waals surface area contributed by atoms with Crippen LogP contribution in [0.2, 0.25) is 0 Å². The zero-order valence-corrected chi connectivity index (χ0v) is 12.3. The van der Waals surface area contributed by atoms with Gasteiger partial charge in [0.15, 0.2) is 0 Å². The number of hydrogen-bond donors (Lipinski definition) is 2. The number of likely N-dealkylation sites (tertiary alicyclic amines) is 1. The molecule has 20 heavy (non-hydrogen) atoms. The van der Waals surface area contributed by atoms with E-state index in [0.29, 0.717) is 6.04 Å². The van der Waals surface area contributed by atoms with Gasteiger partial charge in [0.1, 0.15) is 6.04 Å². The van der Waals surface area contributed by atoms with Crippen molar-refractivity contribution in [1.82, 2.24) is 15.5 Å². The monoisotopic (exact) mass is 279 g/mol. The summed E-state index contributed by atoms with van der Waals surface area (Å²) in [4.78, 5) is 26.9. The van der Waals surface area contributed by atoms with E-state index in [4.69, 9.17) is 0 Å². The number of rotatable bonds is 3. The Balaban J connectivity index is 1.67. The van der Waals surface area contributed by atoms with Crippen LogP contribution in [0.15, 0.2) is 0 Å². The maximum Gasteiger partial charge on any atom is 0.243 e. The lowest BCUT2D eigenvalue weighted by atomic mass is 9.89. The van der Waals surface area contributed by atoms with Crippen molar-refractivity contribution in [3.8, 4) is 0 Å². The number of piperidine rings is 1. The van der Waals surface area contributed by atoms with Crippen LogP contribution in [-0.2, 0) is 9.59 Å². The molecule has 5 heteroatoms.